The first-order chi connectivity index (χ1) is 7.70. The molecule has 6 nitrogen and oxygen atoms in total. The molecule has 2 N–H and O–H groups in total. The number of aromatic nitrogens is 4. The summed E-state index contributed by atoms with van der Waals surface area (Å²) in [5, 5.41) is 4.21. The third kappa shape index (κ3) is 2.06. The first kappa shape index (κ1) is 10.7. The number of nitrogen functional groups attached to an aromatic ring is 1. The smallest absolute Gasteiger partial charge is 0.205 e. The van der Waals surface area contributed by atoms with Crippen molar-refractivity contribution in [3.63, 3.8) is 0 Å². The number of rotatable bonds is 4. The lowest BCUT2D eigenvalue weighted by Crippen LogP contribution is -2.04. The van der Waals surface area contributed by atoms with Crippen molar-refractivity contribution in [2.24, 2.45) is 0 Å². The zero-order chi connectivity index (χ0) is 11.5. The lowest BCUT2D eigenvalue weighted by molar-refractivity contribution is 0.183. The van der Waals surface area contributed by atoms with Gasteiger partial charge in [-0.25, -0.2) is 4.98 Å². The Bertz CT molecular complexity index is 473. The maximum atomic E-state index is 5.77. The van der Waals surface area contributed by atoms with Crippen molar-refractivity contribution in [2.75, 3.05) is 19.5 Å². The second-order valence-electron chi connectivity index (χ2n) is 3.56. The van der Waals surface area contributed by atoms with Gasteiger partial charge in [0.05, 0.1) is 30.7 Å². The number of imidazole rings is 1. The van der Waals surface area contributed by atoms with E-state index in [4.69, 9.17) is 10.5 Å². The molecule has 0 saturated carbocycles. The molecule has 0 unspecified atom stereocenters. The van der Waals surface area contributed by atoms with Crippen LogP contribution < -0.4 is 5.73 Å². The molecule has 0 radical (unpaired) electrons. The number of ether oxygens (including phenoxy) is 1. The van der Waals surface area contributed by atoms with E-state index in [0.717, 1.165) is 17.9 Å². The second kappa shape index (κ2) is 4.36. The van der Waals surface area contributed by atoms with Gasteiger partial charge in [-0.3, -0.25) is 9.25 Å². The highest BCUT2D eigenvalue weighted by atomic mass is 16.5. The number of nitrogens with zero attached hydrogens (tertiary/aromatic N) is 4. The van der Waals surface area contributed by atoms with E-state index in [0.29, 0.717) is 12.6 Å². The average molecular weight is 221 g/mol. The van der Waals surface area contributed by atoms with Crippen LogP contribution in [0.4, 0.5) is 5.95 Å². The second-order valence-corrected chi connectivity index (χ2v) is 3.56. The molecule has 0 bridgehead atoms. The molecular weight excluding hydrogens is 206 g/mol. The van der Waals surface area contributed by atoms with E-state index in [2.05, 4.69) is 10.1 Å². The molecule has 0 aromatic carbocycles. The molecule has 16 heavy (non-hydrogen) atoms. The summed E-state index contributed by atoms with van der Waals surface area (Å²) in [6.07, 6.45) is 5.55. The monoisotopic (exact) mass is 221 g/mol. The van der Waals surface area contributed by atoms with E-state index < -0.39 is 0 Å². The lowest BCUT2D eigenvalue weighted by Gasteiger charge is -2.00. The summed E-state index contributed by atoms with van der Waals surface area (Å²) in [4.78, 5) is 4.14. The summed E-state index contributed by atoms with van der Waals surface area (Å²) in [6, 6.07) is 0. The molecule has 0 saturated heterocycles. The minimum absolute atomic E-state index is 0.476. The predicted octanol–water partition coefficient (Wildman–Crippen LogP) is 0.606. The number of methoxy groups -OCH3 is 1. The van der Waals surface area contributed by atoms with Crippen molar-refractivity contribution in [3.8, 4) is 5.69 Å². The van der Waals surface area contributed by atoms with Gasteiger partial charge in [0.15, 0.2) is 0 Å². The third-order valence-corrected chi connectivity index (χ3v) is 2.28. The molecule has 2 rings (SSSR count). The Labute approximate surface area is 93.6 Å². The molecule has 0 aliphatic carbocycles. The highest BCUT2D eigenvalue weighted by Crippen LogP contribution is 2.12. The average Bonchev–Trinajstić information content (AvgIpc) is 2.82. The van der Waals surface area contributed by atoms with Crippen molar-refractivity contribution < 1.29 is 4.74 Å². The largest absolute Gasteiger partial charge is 0.383 e. The summed E-state index contributed by atoms with van der Waals surface area (Å²) < 4.78 is 8.61. The molecule has 86 valence electrons. The van der Waals surface area contributed by atoms with Crippen LogP contribution in [0.25, 0.3) is 5.69 Å². The van der Waals surface area contributed by atoms with E-state index >= 15 is 0 Å². The molecule has 0 fully saturated rings. The number of hydrogen-bond acceptors (Lipinski definition) is 4. The Morgan fingerprint density at radius 3 is 2.88 bits per heavy atom. The lowest BCUT2D eigenvalue weighted by atomic mass is 10.5. The van der Waals surface area contributed by atoms with Gasteiger partial charge in [0.25, 0.3) is 0 Å². The van der Waals surface area contributed by atoms with Crippen LogP contribution >= 0.6 is 0 Å². The zero-order valence-electron chi connectivity index (χ0n) is 9.42. The number of nitrogens with two attached hydrogens (primary N) is 1. The van der Waals surface area contributed by atoms with Crippen LogP contribution in [0.3, 0.4) is 0 Å². The van der Waals surface area contributed by atoms with E-state index in [1.165, 1.54) is 0 Å². The number of aryl methyl sites for hydroxylation is 1. The minimum atomic E-state index is 0.476. The quantitative estimate of drug-likeness (QED) is 0.821. The van der Waals surface area contributed by atoms with Crippen molar-refractivity contribution in [1.29, 1.82) is 0 Å². The summed E-state index contributed by atoms with van der Waals surface area (Å²) in [5.41, 5.74) is 7.58. The van der Waals surface area contributed by atoms with Gasteiger partial charge in [-0.15, -0.1) is 0 Å². The first-order valence-electron chi connectivity index (χ1n) is 5.04. The fourth-order valence-electron chi connectivity index (χ4n) is 1.51. The summed E-state index contributed by atoms with van der Waals surface area (Å²) in [6.45, 7) is 3.27. The summed E-state index contributed by atoms with van der Waals surface area (Å²) >= 11 is 0. The SMILES string of the molecule is COCCn1cc(-n2cc(C)nc2N)cn1. The molecular formula is C10H15N5O. The van der Waals surface area contributed by atoms with Crippen LogP contribution in [0.15, 0.2) is 18.6 Å². The standard InChI is InChI=1S/C10H15N5O/c1-8-6-15(10(11)13-8)9-5-12-14(7-9)3-4-16-2/h5-7H,3-4H2,1-2H3,(H2,11,13). The Hall–Kier alpha value is -1.82. The van der Waals surface area contributed by atoms with Crippen LogP contribution in [0, 0.1) is 6.92 Å². The molecule has 2 aromatic rings. The normalized spacial score (nSPS) is 10.9. The van der Waals surface area contributed by atoms with E-state index in [9.17, 15) is 0 Å². The van der Waals surface area contributed by atoms with Crippen molar-refractivity contribution >= 4 is 5.95 Å². The van der Waals surface area contributed by atoms with Gasteiger partial charge in [-0.05, 0) is 6.92 Å². The summed E-state index contributed by atoms with van der Waals surface area (Å²) in [7, 11) is 1.67. The van der Waals surface area contributed by atoms with Gasteiger partial charge in [0.2, 0.25) is 5.95 Å². The summed E-state index contributed by atoms with van der Waals surface area (Å²) in [5.74, 6) is 0.476. The van der Waals surface area contributed by atoms with Crippen molar-refractivity contribution in [3.05, 3.63) is 24.3 Å². The third-order valence-electron chi connectivity index (χ3n) is 2.28. The van der Waals surface area contributed by atoms with Gasteiger partial charge in [0, 0.05) is 19.5 Å². The first-order valence-corrected chi connectivity index (χ1v) is 5.04. The minimum Gasteiger partial charge on any atom is -0.383 e. The van der Waals surface area contributed by atoms with E-state index in [1.54, 1.807) is 13.3 Å². The Morgan fingerprint density at radius 2 is 2.25 bits per heavy atom. The number of anilines is 1. The molecule has 0 aliphatic rings. The Morgan fingerprint density at radius 1 is 1.44 bits per heavy atom. The van der Waals surface area contributed by atoms with Crippen LogP contribution in [-0.2, 0) is 11.3 Å². The van der Waals surface area contributed by atoms with Gasteiger partial charge in [-0.1, -0.05) is 0 Å². The molecule has 2 heterocycles. The molecule has 0 amide bonds. The fourth-order valence-corrected chi connectivity index (χ4v) is 1.51. The molecule has 0 aliphatic heterocycles. The van der Waals surface area contributed by atoms with E-state index in [-0.39, 0.29) is 0 Å². The van der Waals surface area contributed by atoms with Crippen LogP contribution in [0.2, 0.25) is 0 Å². The highest BCUT2D eigenvalue weighted by molar-refractivity contribution is 5.37. The molecule has 6 heteroatoms. The van der Waals surface area contributed by atoms with Crippen molar-refractivity contribution in [1.82, 2.24) is 19.3 Å². The fraction of sp³-hybridized carbons (Fsp3) is 0.400. The van der Waals surface area contributed by atoms with Crippen molar-refractivity contribution in [2.45, 2.75) is 13.5 Å². The molecule has 0 spiro atoms. The van der Waals surface area contributed by atoms with Crippen LogP contribution in [0.1, 0.15) is 5.69 Å². The molecule has 0 atom stereocenters. The topological polar surface area (TPSA) is 70.9 Å². The number of hydrogen-bond donors (Lipinski definition) is 1. The van der Waals surface area contributed by atoms with Gasteiger partial charge >= 0.3 is 0 Å². The molecule has 2 aromatic heterocycles. The van der Waals surface area contributed by atoms with Crippen LogP contribution in [0.5, 0.6) is 0 Å². The maximum Gasteiger partial charge on any atom is 0.205 e. The predicted molar refractivity (Wildman–Crippen MR) is 60.4 cm³/mol. The van der Waals surface area contributed by atoms with Gasteiger partial charge in [-0.2, -0.15) is 5.10 Å². The highest BCUT2D eigenvalue weighted by Gasteiger charge is 2.06. The van der Waals surface area contributed by atoms with E-state index in [1.807, 2.05) is 28.6 Å². The zero-order valence-corrected chi connectivity index (χ0v) is 9.42. The van der Waals surface area contributed by atoms with Gasteiger partial charge < -0.3 is 10.5 Å². The van der Waals surface area contributed by atoms with Crippen LogP contribution in [-0.4, -0.2) is 33.0 Å². The Balaban J connectivity index is 2.21. The van der Waals surface area contributed by atoms with Gasteiger partial charge in [0.1, 0.15) is 0 Å². The Kier molecular flexibility index (Phi) is 2.91. The maximum absolute atomic E-state index is 5.77.